The first kappa shape index (κ1) is 26.6. The maximum Gasteiger partial charge on any atom is 0.469 e. The summed E-state index contributed by atoms with van der Waals surface area (Å²) >= 11 is 0. The Hall–Kier alpha value is -3.00. The Balaban J connectivity index is 1.59. The normalized spacial score (nSPS) is 13.7. The summed E-state index contributed by atoms with van der Waals surface area (Å²) in [5.74, 6) is 0.595. The third-order valence-corrected chi connectivity index (χ3v) is 5.80. The van der Waals surface area contributed by atoms with E-state index in [4.69, 9.17) is 20.3 Å². The quantitative estimate of drug-likeness (QED) is 0.314. The molecular weight excluding hydrogens is 467 g/mol. The van der Waals surface area contributed by atoms with Gasteiger partial charge in [-0.05, 0) is 65.4 Å². The molecular formula is C26H31N2O6P. The van der Waals surface area contributed by atoms with Gasteiger partial charge < -0.3 is 25.6 Å². The molecule has 1 amide bonds. The summed E-state index contributed by atoms with van der Waals surface area (Å²) < 4.78 is 21.1. The van der Waals surface area contributed by atoms with Crippen molar-refractivity contribution in [2.75, 3.05) is 11.9 Å². The summed E-state index contributed by atoms with van der Waals surface area (Å²) in [4.78, 5) is 29.9. The maximum atomic E-state index is 12.3. The summed E-state index contributed by atoms with van der Waals surface area (Å²) in [6.45, 7) is 7.25. The van der Waals surface area contributed by atoms with Crippen molar-refractivity contribution in [3.63, 3.8) is 0 Å². The fourth-order valence-corrected chi connectivity index (χ4v) is 3.61. The molecule has 8 nitrogen and oxygen atoms in total. The molecule has 186 valence electrons. The van der Waals surface area contributed by atoms with Gasteiger partial charge in [0.25, 0.3) is 0 Å². The van der Waals surface area contributed by atoms with Gasteiger partial charge in [-0.1, -0.05) is 57.2 Å². The van der Waals surface area contributed by atoms with E-state index in [9.17, 15) is 9.36 Å². The zero-order valence-corrected chi connectivity index (χ0v) is 21.1. The zero-order chi connectivity index (χ0) is 25.9. The Labute approximate surface area is 205 Å². The molecule has 9 heteroatoms. The van der Waals surface area contributed by atoms with E-state index in [0.29, 0.717) is 17.2 Å². The van der Waals surface area contributed by atoms with E-state index < -0.39 is 25.9 Å². The van der Waals surface area contributed by atoms with Gasteiger partial charge in [-0.2, -0.15) is 0 Å². The lowest BCUT2D eigenvalue weighted by molar-refractivity contribution is -0.121. The number of ether oxygens (including phenoxy) is 1. The smallest absolute Gasteiger partial charge is 0.457 e. The first-order valence-electron chi connectivity index (χ1n) is 11.0. The zero-order valence-electron chi connectivity index (χ0n) is 20.2. The van der Waals surface area contributed by atoms with Crippen molar-refractivity contribution in [1.29, 1.82) is 0 Å². The van der Waals surface area contributed by atoms with Crippen LogP contribution in [0, 0.1) is 0 Å². The summed E-state index contributed by atoms with van der Waals surface area (Å²) in [7, 11) is -4.73. The Morgan fingerprint density at radius 3 is 1.77 bits per heavy atom. The fraction of sp³-hybridized carbons (Fsp3) is 0.269. The second-order valence-electron chi connectivity index (χ2n) is 9.61. The number of hydrogen-bond acceptors (Lipinski definition) is 5. The average Bonchev–Trinajstić information content (AvgIpc) is 2.79. The van der Waals surface area contributed by atoms with Crippen molar-refractivity contribution in [2.45, 2.75) is 38.6 Å². The van der Waals surface area contributed by atoms with Crippen LogP contribution in [0.5, 0.6) is 11.5 Å². The molecule has 5 N–H and O–H groups in total. The van der Waals surface area contributed by atoms with Gasteiger partial charge in [0.05, 0.1) is 6.61 Å². The maximum absolute atomic E-state index is 12.3. The Morgan fingerprint density at radius 2 is 1.31 bits per heavy atom. The lowest BCUT2D eigenvalue weighted by atomic mass is 9.86. The molecule has 0 aromatic heterocycles. The lowest BCUT2D eigenvalue weighted by Gasteiger charge is -2.23. The molecule has 1 atom stereocenters. The van der Waals surface area contributed by atoms with Crippen LogP contribution >= 0.6 is 7.82 Å². The minimum absolute atomic E-state index is 0.110. The van der Waals surface area contributed by atoms with Crippen molar-refractivity contribution in [3.8, 4) is 22.6 Å². The molecule has 0 bridgehead atoms. The van der Waals surface area contributed by atoms with Crippen molar-refractivity contribution < 1.29 is 28.4 Å². The Morgan fingerprint density at radius 1 is 0.857 bits per heavy atom. The second-order valence-corrected chi connectivity index (χ2v) is 10.9. The number of anilines is 1. The van der Waals surface area contributed by atoms with Crippen molar-refractivity contribution in [2.24, 2.45) is 5.73 Å². The third-order valence-electron chi connectivity index (χ3n) is 5.34. The number of amides is 1. The minimum Gasteiger partial charge on any atom is -0.457 e. The highest BCUT2D eigenvalue weighted by Gasteiger charge is 2.32. The van der Waals surface area contributed by atoms with Gasteiger partial charge in [0.2, 0.25) is 5.91 Å². The highest BCUT2D eigenvalue weighted by Crippen LogP contribution is 2.36. The predicted molar refractivity (Wildman–Crippen MR) is 136 cm³/mol. The van der Waals surface area contributed by atoms with Crippen LogP contribution in [-0.4, -0.2) is 27.8 Å². The molecule has 3 aromatic carbocycles. The lowest BCUT2D eigenvalue weighted by Crippen LogP contribution is -2.52. The van der Waals surface area contributed by atoms with Crippen molar-refractivity contribution in [3.05, 3.63) is 78.4 Å². The van der Waals surface area contributed by atoms with E-state index in [2.05, 4.69) is 54.9 Å². The van der Waals surface area contributed by atoms with Gasteiger partial charge in [-0.3, -0.25) is 9.32 Å². The number of carbonyl (C=O) groups is 1. The molecule has 0 fully saturated rings. The number of hydrogen-bond donors (Lipinski definition) is 4. The highest BCUT2D eigenvalue weighted by molar-refractivity contribution is 7.46. The first-order valence-corrected chi connectivity index (χ1v) is 12.6. The molecule has 0 spiro atoms. The van der Waals surface area contributed by atoms with Gasteiger partial charge in [-0.25, -0.2) is 4.57 Å². The molecule has 3 aromatic rings. The van der Waals surface area contributed by atoms with E-state index in [1.165, 1.54) is 12.5 Å². The van der Waals surface area contributed by atoms with E-state index >= 15 is 0 Å². The number of nitrogens with two attached hydrogens (primary N) is 1. The third kappa shape index (κ3) is 7.75. The molecule has 0 saturated carbocycles. The van der Waals surface area contributed by atoms with E-state index in [0.717, 1.165) is 11.1 Å². The van der Waals surface area contributed by atoms with Crippen molar-refractivity contribution in [1.82, 2.24) is 0 Å². The summed E-state index contributed by atoms with van der Waals surface area (Å²) in [5.41, 5.74) is 8.24. The number of benzene rings is 3. The topological polar surface area (TPSA) is 131 Å². The minimum atomic E-state index is -4.73. The summed E-state index contributed by atoms with van der Waals surface area (Å²) in [6, 6.07) is 23.0. The number of phosphoric ester groups is 1. The molecule has 0 saturated heterocycles. The number of carbonyl (C=O) groups excluding carboxylic acids is 1. The number of rotatable bonds is 8. The molecule has 0 aliphatic rings. The number of nitrogens with one attached hydrogen (secondary N) is 1. The first-order chi connectivity index (χ1) is 16.2. The molecule has 0 unspecified atom stereocenters. The Bertz CT molecular complexity index is 1190. The van der Waals surface area contributed by atoms with Gasteiger partial charge in [0.1, 0.15) is 17.0 Å². The van der Waals surface area contributed by atoms with Gasteiger partial charge in [-0.15, -0.1) is 0 Å². The molecule has 0 radical (unpaired) electrons. The van der Waals surface area contributed by atoms with E-state index in [1.54, 1.807) is 24.3 Å². The summed E-state index contributed by atoms with van der Waals surface area (Å²) in [6.07, 6.45) is 0. The van der Waals surface area contributed by atoms with E-state index in [-0.39, 0.29) is 5.41 Å². The largest absolute Gasteiger partial charge is 0.469 e. The van der Waals surface area contributed by atoms with Gasteiger partial charge in [0.15, 0.2) is 0 Å². The summed E-state index contributed by atoms with van der Waals surface area (Å²) in [5, 5.41) is 2.60. The molecule has 0 aliphatic heterocycles. The van der Waals surface area contributed by atoms with Crippen LogP contribution in [0.15, 0.2) is 72.8 Å². The SMILES string of the molecule is CC(C)(C)c1ccc(-c2ccc(Oc3ccc(NC(=O)[C@@](C)(N)COP(=O)(O)O)cc3)cc2)cc1. The molecule has 0 aliphatic carbocycles. The van der Waals surface area contributed by atoms with Crippen LogP contribution in [0.2, 0.25) is 0 Å². The predicted octanol–water partition coefficient (Wildman–Crippen LogP) is 5.21. The van der Waals surface area contributed by atoms with Gasteiger partial charge in [0, 0.05) is 5.69 Å². The van der Waals surface area contributed by atoms with Crippen LogP contribution in [0.1, 0.15) is 33.3 Å². The van der Waals surface area contributed by atoms with Crippen LogP contribution in [0.4, 0.5) is 5.69 Å². The van der Waals surface area contributed by atoms with Crippen LogP contribution in [0.3, 0.4) is 0 Å². The average molecular weight is 499 g/mol. The molecule has 3 rings (SSSR count). The molecule has 0 heterocycles. The van der Waals surface area contributed by atoms with Gasteiger partial charge >= 0.3 is 7.82 Å². The van der Waals surface area contributed by atoms with E-state index in [1.807, 2.05) is 24.3 Å². The monoisotopic (exact) mass is 498 g/mol. The highest BCUT2D eigenvalue weighted by atomic mass is 31.2. The van der Waals surface area contributed by atoms with Crippen LogP contribution in [-0.2, 0) is 19.3 Å². The van der Waals surface area contributed by atoms with Crippen LogP contribution < -0.4 is 15.8 Å². The van der Waals surface area contributed by atoms with Crippen molar-refractivity contribution >= 4 is 19.4 Å². The standard InChI is InChI=1S/C26H31N2O6P/c1-25(2,3)20-9-5-18(6-10-20)19-7-13-22(14-8-19)34-23-15-11-21(12-16-23)28-24(29)26(4,27)17-33-35(30,31)32/h5-16H,17,27H2,1-4H3,(H,28,29)(H2,30,31,32)/t26-/m0/s1. The number of phosphoric acid groups is 1. The second kappa shape index (κ2) is 10.3. The van der Waals surface area contributed by atoms with Crippen LogP contribution in [0.25, 0.3) is 11.1 Å². The fourth-order valence-electron chi connectivity index (χ4n) is 3.18. The molecule has 35 heavy (non-hydrogen) atoms. The Kier molecular flexibility index (Phi) is 7.84.